The molecule has 1 aliphatic heterocycles. The summed E-state index contributed by atoms with van der Waals surface area (Å²) >= 11 is 3.54. The Morgan fingerprint density at radius 3 is 2.95 bits per heavy atom. The molecule has 3 atom stereocenters. The van der Waals surface area contributed by atoms with Gasteiger partial charge in [-0.05, 0) is 54.2 Å². The van der Waals surface area contributed by atoms with Gasteiger partial charge in [-0.15, -0.1) is 0 Å². The molecule has 1 amide bonds. The van der Waals surface area contributed by atoms with Crippen LogP contribution in [-0.4, -0.2) is 34.9 Å². The Labute approximate surface area is 136 Å². The molecule has 1 saturated heterocycles. The SMILES string of the molecule is CCCCC1NC(c2ccsc2)N(C(C)CCSC)C1=O. The van der Waals surface area contributed by atoms with E-state index < -0.39 is 0 Å². The van der Waals surface area contributed by atoms with Gasteiger partial charge in [0.2, 0.25) is 5.91 Å². The zero-order valence-corrected chi connectivity index (χ0v) is 14.8. The average molecular weight is 327 g/mol. The minimum atomic E-state index is -0.00780. The van der Waals surface area contributed by atoms with Crippen molar-refractivity contribution in [2.45, 2.75) is 57.8 Å². The van der Waals surface area contributed by atoms with Crippen molar-refractivity contribution >= 4 is 29.0 Å². The molecular weight excluding hydrogens is 300 g/mol. The van der Waals surface area contributed by atoms with Gasteiger partial charge in [0.15, 0.2) is 0 Å². The summed E-state index contributed by atoms with van der Waals surface area (Å²) < 4.78 is 0. The van der Waals surface area contributed by atoms with E-state index in [2.05, 4.69) is 47.1 Å². The minimum Gasteiger partial charge on any atom is -0.319 e. The van der Waals surface area contributed by atoms with Gasteiger partial charge in [0.1, 0.15) is 6.17 Å². The molecule has 3 nitrogen and oxygen atoms in total. The number of carbonyl (C=O) groups is 1. The lowest BCUT2D eigenvalue weighted by Crippen LogP contribution is -2.38. The summed E-state index contributed by atoms with van der Waals surface area (Å²) in [7, 11) is 0. The van der Waals surface area contributed by atoms with E-state index in [1.807, 2.05) is 11.8 Å². The van der Waals surface area contributed by atoms with Gasteiger partial charge in [-0.2, -0.15) is 23.1 Å². The second-order valence-corrected chi connectivity index (χ2v) is 7.46. The molecule has 1 aromatic rings. The molecular formula is C16H26N2OS2. The van der Waals surface area contributed by atoms with Crippen LogP contribution < -0.4 is 5.32 Å². The number of nitrogens with one attached hydrogen (secondary N) is 1. The van der Waals surface area contributed by atoms with Gasteiger partial charge >= 0.3 is 0 Å². The second kappa shape index (κ2) is 8.20. The molecule has 21 heavy (non-hydrogen) atoms. The maximum atomic E-state index is 12.8. The van der Waals surface area contributed by atoms with E-state index in [-0.39, 0.29) is 24.2 Å². The van der Waals surface area contributed by atoms with Crippen LogP contribution in [0.1, 0.15) is 51.3 Å². The van der Waals surface area contributed by atoms with Gasteiger partial charge < -0.3 is 4.90 Å². The first-order valence-electron chi connectivity index (χ1n) is 7.78. The van der Waals surface area contributed by atoms with E-state index in [1.54, 1.807) is 11.3 Å². The number of nitrogens with zero attached hydrogens (tertiary/aromatic N) is 1. The lowest BCUT2D eigenvalue weighted by Gasteiger charge is -2.30. The maximum absolute atomic E-state index is 12.8. The van der Waals surface area contributed by atoms with Crippen LogP contribution in [0.25, 0.3) is 0 Å². The molecule has 0 spiro atoms. The number of amides is 1. The van der Waals surface area contributed by atoms with Gasteiger partial charge in [0, 0.05) is 6.04 Å². The molecule has 0 saturated carbocycles. The summed E-state index contributed by atoms with van der Waals surface area (Å²) in [6, 6.07) is 2.41. The Morgan fingerprint density at radius 1 is 1.52 bits per heavy atom. The van der Waals surface area contributed by atoms with Crippen LogP contribution in [0.3, 0.4) is 0 Å². The Balaban J connectivity index is 2.13. The molecule has 2 heterocycles. The van der Waals surface area contributed by atoms with Crippen LogP contribution >= 0.6 is 23.1 Å². The fourth-order valence-electron chi connectivity index (χ4n) is 2.85. The summed E-state index contributed by atoms with van der Waals surface area (Å²) in [5.41, 5.74) is 1.23. The van der Waals surface area contributed by atoms with Crippen LogP contribution in [0.5, 0.6) is 0 Å². The van der Waals surface area contributed by atoms with Crippen LogP contribution in [0.4, 0.5) is 0 Å². The van der Waals surface area contributed by atoms with Crippen LogP contribution in [0.15, 0.2) is 16.8 Å². The molecule has 1 fully saturated rings. The first-order chi connectivity index (χ1) is 10.2. The zero-order chi connectivity index (χ0) is 15.2. The number of thiophene rings is 1. The standard InChI is InChI=1S/C16H26N2OS2/c1-4-5-6-14-16(19)18(12(2)7-9-20-3)15(17-14)13-8-10-21-11-13/h8,10-12,14-15,17H,4-7,9H2,1-3H3. The maximum Gasteiger partial charge on any atom is 0.241 e. The van der Waals surface area contributed by atoms with E-state index in [9.17, 15) is 4.79 Å². The molecule has 0 aromatic carbocycles. The summed E-state index contributed by atoms with van der Waals surface area (Å²) in [5.74, 6) is 1.38. The molecule has 1 aromatic heterocycles. The molecule has 2 rings (SSSR count). The van der Waals surface area contributed by atoms with Crippen molar-refractivity contribution in [3.05, 3.63) is 22.4 Å². The minimum absolute atomic E-state index is 0.00780. The second-order valence-electron chi connectivity index (χ2n) is 5.70. The molecule has 0 aliphatic carbocycles. The smallest absolute Gasteiger partial charge is 0.241 e. The normalized spacial score (nSPS) is 23.8. The Bertz CT molecular complexity index is 435. The Hall–Kier alpha value is -0.520. The number of thioether (sulfide) groups is 1. The lowest BCUT2D eigenvalue weighted by atomic mass is 10.1. The van der Waals surface area contributed by atoms with Crippen molar-refractivity contribution in [2.24, 2.45) is 0 Å². The number of carbonyl (C=O) groups excluding carboxylic acids is 1. The lowest BCUT2D eigenvalue weighted by molar-refractivity contribution is -0.132. The summed E-state index contributed by atoms with van der Waals surface area (Å²) in [6.45, 7) is 4.35. The van der Waals surface area contributed by atoms with Crippen LogP contribution in [-0.2, 0) is 4.79 Å². The molecule has 1 N–H and O–H groups in total. The quantitative estimate of drug-likeness (QED) is 0.787. The first kappa shape index (κ1) is 16.8. The van der Waals surface area contributed by atoms with Gasteiger partial charge in [-0.3, -0.25) is 10.1 Å². The summed E-state index contributed by atoms with van der Waals surface area (Å²) in [5, 5.41) is 7.80. The molecule has 0 bridgehead atoms. The number of rotatable bonds is 8. The highest BCUT2D eigenvalue weighted by molar-refractivity contribution is 7.98. The zero-order valence-electron chi connectivity index (χ0n) is 13.2. The van der Waals surface area contributed by atoms with Crippen LogP contribution in [0.2, 0.25) is 0 Å². The van der Waals surface area contributed by atoms with Gasteiger partial charge in [0.05, 0.1) is 6.04 Å². The highest BCUT2D eigenvalue weighted by Gasteiger charge is 2.41. The van der Waals surface area contributed by atoms with Gasteiger partial charge in [-0.1, -0.05) is 19.8 Å². The molecule has 5 heteroatoms. The van der Waals surface area contributed by atoms with Crippen molar-refractivity contribution < 1.29 is 4.79 Å². The Kier molecular flexibility index (Phi) is 6.58. The molecule has 3 unspecified atom stereocenters. The highest BCUT2D eigenvalue weighted by atomic mass is 32.2. The van der Waals surface area contributed by atoms with E-state index in [4.69, 9.17) is 0 Å². The monoisotopic (exact) mass is 326 g/mol. The predicted octanol–water partition coefficient (Wildman–Crippen LogP) is 3.88. The molecule has 1 aliphatic rings. The predicted molar refractivity (Wildman–Crippen MR) is 92.8 cm³/mol. The largest absolute Gasteiger partial charge is 0.319 e. The number of hydrogen-bond donors (Lipinski definition) is 1. The fourth-order valence-corrected chi connectivity index (χ4v) is 4.11. The number of hydrogen-bond acceptors (Lipinski definition) is 4. The Morgan fingerprint density at radius 2 is 2.33 bits per heavy atom. The van der Waals surface area contributed by atoms with Gasteiger partial charge in [-0.25, -0.2) is 0 Å². The van der Waals surface area contributed by atoms with Crippen molar-refractivity contribution in [3.63, 3.8) is 0 Å². The molecule has 0 radical (unpaired) electrons. The third kappa shape index (κ3) is 4.02. The van der Waals surface area contributed by atoms with E-state index in [1.165, 1.54) is 5.56 Å². The van der Waals surface area contributed by atoms with Crippen molar-refractivity contribution in [1.29, 1.82) is 0 Å². The topological polar surface area (TPSA) is 32.3 Å². The van der Waals surface area contributed by atoms with Crippen LogP contribution in [0, 0.1) is 0 Å². The first-order valence-corrected chi connectivity index (χ1v) is 10.1. The summed E-state index contributed by atoms with van der Waals surface area (Å²) in [6.07, 6.45) is 6.42. The summed E-state index contributed by atoms with van der Waals surface area (Å²) in [4.78, 5) is 14.9. The van der Waals surface area contributed by atoms with Crippen molar-refractivity contribution in [3.8, 4) is 0 Å². The van der Waals surface area contributed by atoms with Crippen molar-refractivity contribution in [1.82, 2.24) is 10.2 Å². The van der Waals surface area contributed by atoms with E-state index >= 15 is 0 Å². The third-order valence-corrected chi connectivity index (χ3v) is 5.46. The average Bonchev–Trinajstić information content (AvgIpc) is 3.10. The highest BCUT2D eigenvalue weighted by Crippen LogP contribution is 2.31. The third-order valence-electron chi connectivity index (χ3n) is 4.11. The van der Waals surface area contributed by atoms with E-state index in [0.717, 1.165) is 31.4 Å². The van der Waals surface area contributed by atoms with Gasteiger partial charge in [0.25, 0.3) is 0 Å². The fraction of sp³-hybridized carbons (Fsp3) is 0.688. The number of unbranched alkanes of at least 4 members (excludes halogenated alkanes) is 1. The van der Waals surface area contributed by atoms with Crippen molar-refractivity contribution in [2.75, 3.05) is 12.0 Å². The molecule has 118 valence electrons. The van der Waals surface area contributed by atoms with E-state index in [0.29, 0.717) is 0 Å².